The molecule has 1 saturated carbocycles. The molecule has 0 amide bonds. The highest BCUT2D eigenvalue weighted by Gasteiger charge is 2.40. The Hall–Kier alpha value is -1.59. The van der Waals surface area contributed by atoms with Gasteiger partial charge in [-0.25, -0.2) is 0 Å². The smallest absolute Gasteiger partial charge is 0.308 e. The Morgan fingerprint density at radius 3 is 1.48 bits per heavy atom. The molecule has 1 fully saturated rings. The monoisotopic (exact) mass is 384 g/mol. The molecule has 6 heteroatoms. The SMILES string of the molecule is CCCCCCOC(=O)C1CC(C(=O)O)CC(C(=O)OCCCCCC)C1. The molecule has 0 aromatic carbocycles. The van der Waals surface area contributed by atoms with Crippen LogP contribution in [-0.4, -0.2) is 36.2 Å². The summed E-state index contributed by atoms with van der Waals surface area (Å²) < 4.78 is 10.7. The molecule has 6 nitrogen and oxygen atoms in total. The summed E-state index contributed by atoms with van der Waals surface area (Å²) in [6.45, 7) is 4.95. The van der Waals surface area contributed by atoms with Crippen molar-refractivity contribution in [1.82, 2.24) is 0 Å². The number of carboxylic acid groups (broad SMARTS) is 1. The summed E-state index contributed by atoms with van der Waals surface area (Å²) in [6, 6.07) is 0. The molecule has 0 aromatic heterocycles. The predicted octanol–water partition coefficient (Wildman–Crippen LogP) is 4.35. The zero-order valence-corrected chi connectivity index (χ0v) is 16.9. The van der Waals surface area contributed by atoms with Gasteiger partial charge >= 0.3 is 17.9 Å². The van der Waals surface area contributed by atoms with E-state index in [-0.39, 0.29) is 24.8 Å². The van der Waals surface area contributed by atoms with Crippen LogP contribution in [0.5, 0.6) is 0 Å². The number of hydrogen-bond acceptors (Lipinski definition) is 5. The van der Waals surface area contributed by atoms with Crippen molar-refractivity contribution in [3.8, 4) is 0 Å². The van der Waals surface area contributed by atoms with Crippen molar-refractivity contribution in [3.63, 3.8) is 0 Å². The van der Waals surface area contributed by atoms with Crippen LogP contribution in [0.2, 0.25) is 0 Å². The van der Waals surface area contributed by atoms with E-state index in [0.29, 0.717) is 19.6 Å². The van der Waals surface area contributed by atoms with Crippen molar-refractivity contribution in [2.45, 2.75) is 84.5 Å². The van der Waals surface area contributed by atoms with E-state index in [1.165, 1.54) is 0 Å². The molecular formula is C21H36O6. The van der Waals surface area contributed by atoms with Crippen LogP contribution < -0.4 is 0 Å². The number of hydrogen-bond donors (Lipinski definition) is 1. The quantitative estimate of drug-likeness (QED) is 0.375. The van der Waals surface area contributed by atoms with Crippen LogP contribution in [0.4, 0.5) is 0 Å². The minimum Gasteiger partial charge on any atom is -0.481 e. The summed E-state index contributed by atoms with van der Waals surface area (Å²) in [7, 11) is 0. The van der Waals surface area contributed by atoms with Crippen LogP contribution >= 0.6 is 0 Å². The highest BCUT2D eigenvalue weighted by atomic mass is 16.5. The second-order valence-corrected chi connectivity index (χ2v) is 7.59. The summed E-state index contributed by atoms with van der Waals surface area (Å²) in [5.74, 6) is -3.49. The van der Waals surface area contributed by atoms with Gasteiger partial charge in [0.05, 0.1) is 31.0 Å². The van der Waals surface area contributed by atoms with Gasteiger partial charge in [0, 0.05) is 0 Å². The van der Waals surface area contributed by atoms with Crippen molar-refractivity contribution in [2.75, 3.05) is 13.2 Å². The first-order valence-electron chi connectivity index (χ1n) is 10.6. The van der Waals surface area contributed by atoms with E-state index in [1.54, 1.807) is 0 Å². The molecule has 0 spiro atoms. The van der Waals surface area contributed by atoms with Crippen LogP contribution in [0.1, 0.15) is 84.5 Å². The van der Waals surface area contributed by atoms with Gasteiger partial charge in [0.15, 0.2) is 0 Å². The largest absolute Gasteiger partial charge is 0.481 e. The van der Waals surface area contributed by atoms with Crippen LogP contribution in [0, 0.1) is 17.8 Å². The van der Waals surface area contributed by atoms with Gasteiger partial charge in [-0.1, -0.05) is 52.4 Å². The molecule has 1 aliphatic rings. The van der Waals surface area contributed by atoms with E-state index in [2.05, 4.69) is 13.8 Å². The predicted molar refractivity (Wildman–Crippen MR) is 102 cm³/mol. The third-order valence-electron chi connectivity index (χ3n) is 5.21. The molecule has 156 valence electrons. The maximum atomic E-state index is 12.3. The van der Waals surface area contributed by atoms with Gasteiger partial charge < -0.3 is 14.6 Å². The Bertz CT molecular complexity index is 428. The maximum absolute atomic E-state index is 12.3. The Morgan fingerprint density at radius 2 is 1.11 bits per heavy atom. The first-order valence-corrected chi connectivity index (χ1v) is 10.6. The number of esters is 2. The summed E-state index contributed by atoms with van der Waals surface area (Å²) in [4.78, 5) is 36.1. The number of ether oxygens (including phenoxy) is 2. The molecule has 0 saturated heterocycles. The van der Waals surface area contributed by atoms with Gasteiger partial charge in [0.1, 0.15) is 0 Å². The summed E-state index contributed by atoms with van der Waals surface area (Å²) >= 11 is 0. The number of carboxylic acids is 1. The van der Waals surface area contributed by atoms with E-state index in [4.69, 9.17) is 9.47 Å². The maximum Gasteiger partial charge on any atom is 0.308 e. The van der Waals surface area contributed by atoms with Gasteiger partial charge in [-0.3, -0.25) is 14.4 Å². The van der Waals surface area contributed by atoms with Crippen LogP contribution in [0.25, 0.3) is 0 Å². The van der Waals surface area contributed by atoms with Gasteiger partial charge in [0.2, 0.25) is 0 Å². The minimum atomic E-state index is -0.962. The lowest BCUT2D eigenvalue weighted by atomic mass is 9.75. The lowest BCUT2D eigenvalue weighted by molar-refractivity contribution is -0.159. The molecule has 1 N–H and O–H groups in total. The van der Waals surface area contributed by atoms with E-state index in [9.17, 15) is 19.5 Å². The average Bonchev–Trinajstić information content (AvgIpc) is 2.66. The second kappa shape index (κ2) is 13.6. The Kier molecular flexibility index (Phi) is 11.8. The molecule has 0 radical (unpaired) electrons. The molecule has 1 rings (SSSR count). The lowest BCUT2D eigenvalue weighted by Crippen LogP contribution is -2.36. The lowest BCUT2D eigenvalue weighted by Gasteiger charge is -2.30. The van der Waals surface area contributed by atoms with Gasteiger partial charge in [-0.05, 0) is 32.1 Å². The second-order valence-electron chi connectivity index (χ2n) is 7.59. The summed E-state index contributed by atoms with van der Waals surface area (Å²) in [5, 5.41) is 9.38. The Morgan fingerprint density at radius 1 is 0.704 bits per heavy atom. The topological polar surface area (TPSA) is 89.9 Å². The molecule has 1 aliphatic carbocycles. The third-order valence-corrected chi connectivity index (χ3v) is 5.21. The highest BCUT2D eigenvalue weighted by Crippen LogP contribution is 2.35. The molecule has 27 heavy (non-hydrogen) atoms. The first-order chi connectivity index (χ1) is 13.0. The number of carbonyl (C=O) groups is 3. The Balaban J connectivity index is 2.49. The fraction of sp³-hybridized carbons (Fsp3) is 0.857. The minimum absolute atomic E-state index is 0.239. The number of aliphatic carboxylic acids is 1. The van der Waals surface area contributed by atoms with Crippen LogP contribution in [-0.2, 0) is 23.9 Å². The van der Waals surface area contributed by atoms with Gasteiger partial charge in [0.25, 0.3) is 0 Å². The normalized spacial score (nSPS) is 22.2. The highest BCUT2D eigenvalue weighted by molar-refractivity contribution is 5.79. The van der Waals surface area contributed by atoms with E-state index in [1.807, 2.05) is 0 Å². The molecule has 2 unspecified atom stereocenters. The Labute approximate surface area is 163 Å². The standard InChI is InChI=1S/C21H36O6/c1-3-5-7-9-11-26-20(24)17-13-16(19(22)23)14-18(15-17)21(25)27-12-10-8-6-4-2/h16-18H,3-15H2,1-2H3,(H,22,23). The molecule has 0 aliphatic heterocycles. The van der Waals surface area contributed by atoms with Crippen molar-refractivity contribution in [1.29, 1.82) is 0 Å². The summed E-state index contributed by atoms with van der Waals surface area (Å²) in [6.07, 6.45) is 8.90. The first kappa shape index (κ1) is 23.4. The number of unbranched alkanes of at least 4 members (excludes halogenated alkanes) is 6. The fourth-order valence-corrected chi connectivity index (χ4v) is 3.54. The molecule has 0 aromatic rings. The average molecular weight is 385 g/mol. The molecule has 0 heterocycles. The summed E-state index contributed by atoms with van der Waals surface area (Å²) in [5.41, 5.74) is 0. The zero-order valence-electron chi connectivity index (χ0n) is 16.9. The van der Waals surface area contributed by atoms with Gasteiger partial charge in [-0.2, -0.15) is 0 Å². The van der Waals surface area contributed by atoms with Crippen molar-refractivity contribution < 1.29 is 29.0 Å². The van der Waals surface area contributed by atoms with Crippen molar-refractivity contribution in [3.05, 3.63) is 0 Å². The van der Waals surface area contributed by atoms with E-state index < -0.39 is 23.7 Å². The van der Waals surface area contributed by atoms with Crippen LogP contribution in [0.3, 0.4) is 0 Å². The molecule has 2 atom stereocenters. The van der Waals surface area contributed by atoms with Crippen LogP contribution in [0.15, 0.2) is 0 Å². The van der Waals surface area contributed by atoms with Crippen molar-refractivity contribution >= 4 is 17.9 Å². The zero-order chi connectivity index (χ0) is 20.1. The van der Waals surface area contributed by atoms with E-state index >= 15 is 0 Å². The molecule has 0 bridgehead atoms. The number of carbonyl (C=O) groups excluding carboxylic acids is 2. The number of rotatable bonds is 13. The third kappa shape index (κ3) is 9.25. The molecular weight excluding hydrogens is 348 g/mol. The fourth-order valence-electron chi connectivity index (χ4n) is 3.54. The van der Waals surface area contributed by atoms with E-state index in [0.717, 1.165) is 51.4 Å². The van der Waals surface area contributed by atoms with Gasteiger partial charge in [-0.15, -0.1) is 0 Å². The van der Waals surface area contributed by atoms with Crippen molar-refractivity contribution in [2.24, 2.45) is 17.8 Å².